The number of hydrogen-bond acceptors (Lipinski definition) is 6. The fourth-order valence-electron chi connectivity index (χ4n) is 5.95. The van der Waals surface area contributed by atoms with Gasteiger partial charge in [-0.15, -0.1) is 0 Å². The van der Waals surface area contributed by atoms with E-state index in [9.17, 15) is 18.0 Å². The van der Waals surface area contributed by atoms with E-state index in [1.807, 2.05) is 23.1 Å². The molecule has 0 unspecified atom stereocenters. The highest BCUT2D eigenvalue weighted by atomic mass is 32.2. The Labute approximate surface area is 222 Å². The summed E-state index contributed by atoms with van der Waals surface area (Å²) in [6.07, 6.45) is 4.20. The highest BCUT2D eigenvalue weighted by Crippen LogP contribution is 2.45. The standard InChI is InChI=1S/C28H33N3O6S/c29-38(34,35)24-6-3-19(4-7-24)27(32)30-14-21-16-31(17-22(21)15-30)28(33)20-5-8-26(25(13-20)18-1-2-18)37-23-9-11-36-12-10-23/h3-8,13,18,21-23H,1-2,9-12,14-17H2,(H2,29,34,35)/t21-,22-/m0/s1. The van der Waals surface area contributed by atoms with Crippen LogP contribution in [-0.4, -0.2) is 75.5 Å². The van der Waals surface area contributed by atoms with Gasteiger partial charge >= 0.3 is 0 Å². The summed E-state index contributed by atoms with van der Waals surface area (Å²) in [6, 6.07) is 11.6. The highest BCUT2D eigenvalue weighted by molar-refractivity contribution is 7.89. The molecule has 9 nitrogen and oxygen atoms in total. The van der Waals surface area contributed by atoms with Crippen molar-refractivity contribution in [3.05, 3.63) is 59.2 Å². The number of sulfonamides is 1. The molecular formula is C28H33N3O6S. The molecule has 1 aliphatic carbocycles. The van der Waals surface area contributed by atoms with Gasteiger partial charge in [-0.3, -0.25) is 9.59 Å². The van der Waals surface area contributed by atoms with Gasteiger partial charge in [-0.2, -0.15) is 0 Å². The topological polar surface area (TPSA) is 119 Å². The predicted molar refractivity (Wildman–Crippen MR) is 139 cm³/mol. The number of nitrogens with two attached hydrogens (primary N) is 1. The summed E-state index contributed by atoms with van der Waals surface area (Å²) in [4.78, 5) is 30.2. The van der Waals surface area contributed by atoms with Crippen molar-refractivity contribution in [2.75, 3.05) is 39.4 Å². The average molecular weight is 540 g/mol. The second kappa shape index (κ2) is 9.98. The van der Waals surface area contributed by atoms with Gasteiger partial charge in [0, 0.05) is 62.0 Å². The molecule has 2 aromatic rings. The highest BCUT2D eigenvalue weighted by Gasteiger charge is 2.43. The SMILES string of the molecule is NS(=O)(=O)c1ccc(C(=O)N2C[C@H]3CN(C(=O)c4ccc(OC5CCOCC5)c(C5CC5)c4)C[C@@H]3C2)cc1. The first-order valence-electron chi connectivity index (χ1n) is 13.4. The third-order valence-electron chi connectivity index (χ3n) is 8.23. The number of carbonyl (C=O) groups is 2. The number of primary sulfonamides is 1. The number of nitrogens with zero attached hydrogens (tertiary/aromatic N) is 2. The van der Waals surface area contributed by atoms with Crippen LogP contribution in [0.15, 0.2) is 47.4 Å². The minimum Gasteiger partial charge on any atom is -0.490 e. The Kier molecular flexibility index (Phi) is 6.65. The van der Waals surface area contributed by atoms with E-state index in [0.29, 0.717) is 43.2 Å². The van der Waals surface area contributed by atoms with Gasteiger partial charge in [0.15, 0.2) is 0 Å². The van der Waals surface area contributed by atoms with E-state index >= 15 is 0 Å². The largest absolute Gasteiger partial charge is 0.490 e. The van der Waals surface area contributed by atoms with E-state index in [-0.39, 0.29) is 34.6 Å². The predicted octanol–water partition coefficient (Wildman–Crippen LogP) is 2.61. The first-order chi connectivity index (χ1) is 18.3. The lowest BCUT2D eigenvalue weighted by Gasteiger charge is -2.25. The summed E-state index contributed by atoms with van der Waals surface area (Å²) in [5, 5.41) is 5.15. The van der Waals surface area contributed by atoms with Crippen LogP contribution >= 0.6 is 0 Å². The van der Waals surface area contributed by atoms with Crippen LogP contribution in [0, 0.1) is 11.8 Å². The maximum Gasteiger partial charge on any atom is 0.253 e. The van der Waals surface area contributed by atoms with Gasteiger partial charge in [0.2, 0.25) is 10.0 Å². The van der Waals surface area contributed by atoms with Gasteiger partial charge in [0.25, 0.3) is 11.8 Å². The van der Waals surface area contributed by atoms with Crippen molar-refractivity contribution in [3.63, 3.8) is 0 Å². The van der Waals surface area contributed by atoms with Gasteiger partial charge in [-0.1, -0.05) is 0 Å². The number of hydrogen-bond donors (Lipinski definition) is 1. The molecule has 2 atom stereocenters. The maximum atomic E-state index is 13.5. The van der Waals surface area contributed by atoms with Crippen molar-refractivity contribution < 1.29 is 27.5 Å². The van der Waals surface area contributed by atoms with Crippen molar-refractivity contribution >= 4 is 21.8 Å². The van der Waals surface area contributed by atoms with Crippen LogP contribution in [0.2, 0.25) is 0 Å². The number of rotatable bonds is 6. The zero-order chi connectivity index (χ0) is 26.4. The molecule has 6 rings (SSSR count). The molecule has 0 aromatic heterocycles. The molecule has 1 saturated carbocycles. The number of ether oxygens (including phenoxy) is 2. The van der Waals surface area contributed by atoms with Crippen LogP contribution in [-0.2, 0) is 14.8 Å². The molecule has 0 radical (unpaired) electrons. The van der Waals surface area contributed by atoms with Crippen LogP contribution in [0.1, 0.15) is 57.9 Å². The normalized spacial score (nSPS) is 23.9. The summed E-state index contributed by atoms with van der Waals surface area (Å²) < 4.78 is 34.7. The molecule has 10 heteroatoms. The number of carbonyl (C=O) groups excluding carboxylic acids is 2. The minimum atomic E-state index is -3.80. The third-order valence-corrected chi connectivity index (χ3v) is 9.16. The molecule has 3 heterocycles. The first kappa shape index (κ1) is 25.3. The zero-order valence-corrected chi connectivity index (χ0v) is 22.1. The Morgan fingerprint density at radius 1 is 0.816 bits per heavy atom. The lowest BCUT2D eigenvalue weighted by atomic mass is 10.0. The van der Waals surface area contributed by atoms with Crippen molar-refractivity contribution in [3.8, 4) is 5.75 Å². The first-order valence-corrected chi connectivity index (χ1v) is 14.9. The number of benzene rings is 2. The lowest BCUT2D eigenvalue weighted by Crippen LogP contribution is -2.35. The van der Waals surface area contributed by atoms with E-state index < -0.39 is 10.0 Å². The van der Waals surface area contributed by atoms with E-state index in [0.717, 1.165) is 50.2 Å². The molecule has 202 valence electrons. The summed E-state index contributed by atoms with van der Waals surface area (Å²) in [7, 11) is -3.80. The molecule has 2 amide bonds. The van der Waals surface area contributed by atoms with Gasteiger partial charge in [-0.05, 0) is 66.8 Å². The van der Waals surface area contributed by atoms with Crippen molar-refractivity contribution in [2.45, 2.75) is 42.6 Å². The summed E-state index contributed by atoms with van der Waals surface area (Å²) in [6.45, 7) is 3.86. The Morgan fingerprint density at radius 3 is 1.92 bits per heavy atom. The summed E-state index contributed by atoms with van der Waals surface area (Å²) in [5.74, 6) is 1.73. The van der Waals surface area contributed by atoms with E-state index in [1.165, 1.54) is 24.3 Å². The van der Waals surface area contributed by atoms with Crippen LogP contribution in [0.5, 0.6) is 5.75 Å². The van der Waals surface area contributed by atoms with Crippen LogP contribution in [0.3, 0.4) is 0 Å². The Morgan fingerprint density at radius 2 is 1.37 bits per heavy atom. The van der Waals surface area contributed by atoms with Gasteiger partial charge in [0.05, 0.1) is 18.1 Å². The average Bonchev–Trinajstić information content (AvgIpc) is 3.57. The monoisotopic (exact) mass is 539 g/mol. The maximum absolute atomic E-state index is 13.5. The smallest absolute Gasteiger partial charge is 0.253 e. The number of amides is 2. The summed E-state index contributed by atoms with van der Waals surface area (Å²) >= 11 is 0. The second-order valence-electron chi connectivity index (χ2n) is 11.0. The Balaban J connectivity index is 1.09. The lowest BCUT2D eigenvalue weighted by molar-refractivity contribution is 0.0252. The Bertz CT molecular complexity index is 1320. The quantitative estimate of drug-likeness (QED) is 0.603. The van der Waals surface area contributed by atoms with Gasteiger partial charge in [-0.25, -0.2) is 13.6 Å². The number of likely N-dealkylation sites (tertiary alicyclic amines) is 2. The van der Waals surface area contributed by atoms with E-state index in [2.05, 4.69) is 0 Å². The molecule has 0 spiro atoms. The molecule has 2 N–H and O–H groups in total. The molecule has 3 aliphatic heterocycles. The van der Waals surface area contributed by atoms with Crippen molar-refractivity contribution in [1.82, 2.24) is 9.80 Å². The minimum absolute atomic E-state index is 0.0190. The van der Waals surface area contributed by atoms with E-state index in [1.54, 1.807) is 4.90 Å². The van der Waals surface area contributed by atoms with Crippen molar-refractivity contribution in [1.29, 1.82) is 0 Å². The molecule has 4 fully saturated rings. The molecule has 2 aromatic carbocycles. The summed E-state index contributed by atoms with van der Waals surface area (Å²) in [5.41, 5.74) is 2.28. The van der Waals surface area contributed by atoms with Crippen molar-refractivity contribution in [2.24, 2.45) is 17.0 Å². The van der Waals surface area contributed by atoms with Gasteiger partial charge < -0.3 is 19.3 Å². The molecule has 38 heavy (non-hydrogen) atoms. The fraction of sp³-hybridized carbons (Fsp3) is 0.500. The van der Waals surface area contributed by atoms with Crippen LogP contribution in [0.4, 0.5) is 0 Å². The fourth-order valence-corrected chi connectivity index (χ4v) is 6.47. The van der Waals surface area contributed by atoms with Gasteiger partial charge in [0.1, 0.15) is 11.9 Å². The molecular weight excluding hydrogens is 506 g/mol. The van der Waals surface area contributed by atoms with E-state index in [4.69, 9.17) is 14.6 Å². The second-order valence-corrected chi connectivity index (χ2v) is 12.5. The number of fused-ring (bicyclic) bond motifs is 1. The third kappa shape index (κ3) is 5.17. The van der Waals surface area contributed by atoms with Crippen LogP contribution in [0.25, 0.3) is 0 Å². The molecule has 3 saturated heterocycles. The van der Waals surface area contributed by atoms with Crippen LogP contribution < -0.4 is 9.88 Å². The zero-order valence-electron chi connectivity index (χ0n) is 21.3. The molecule has 0 bridgehead atoms. The Hall–Kier alpha value is -2.95. The molecule has 4 aliphatic rings.